The van der Waals surface area contributed by atoms with E-state index in [9.17, 15) is 14.9 Å². The van der Waals surface area contributed by atoms with Gasteiger partial charge in [-0.1, -0.05) is 19.3 Å². The van der Waals surface area contributed by atoms with E-state index in [0.29, 0.717) is 23.1 Å². The summed E-state index contributed by atoms with van der Waals surface area (Å²) in [7, 11) is 1.34. The van der Waals surface area contributed by atoms with Gasteiger partial charge in [-0.15, -0.1) is 0 Å². The van der Waals surface area contributed by atoms with Crippen molar-refractivity contribution in [3.05, 3.63) is 58.1 Å². The lowest BCUT2D eigenvalue weighted by atomic mass is 9.95. The Balaban J connectivity index is 1.82. The molecule has 4 rings (SSSR count). The molecule has 0 aliphatic heterocycles. The Morgan fingerprint density at radius 3 is 2.52 bits per heavy atom. The summed E-state index contributed by atoms with van der Waals surface area (Å²) in [5, 5.41) is 15.3. The highest BCUT2D eigenvalue weighted by Gasteiger charge is 2.22. The minimum atomic E-state index is -0.426. The van der Waals surface area contributed by atoms with Crippen molar-refractivity contribution in [1.82, 2.24) is 0 Å². The second-order valence-electron chi connectivity index (χ2n) is 7.29. The molecule has 1 fully saturated rings. The summed E-state index contributed by atoms with van der Waals surface area (Å²) >= 11 is 0. The normalized spacial score (nSPS) is 14.7. The van der Waals surface area contributed by atoms with Gasteiger partial charge in [0.25, 0.3) is 5.69 Å². The molecule has 0 radical (unpaired) electrons. The summed E-state index contributed by atoms with van der Waals surface area (Å²) in [5.41, 5.74) is 2.68. The van der Waals surface area contributed by atoms with Gasteiger partial charge in [-0.25, -0.2) is 4.79 Å². The van der Waals surface area contributed by atoms with Crippen molar-refractivity contribution in [2.45, 2.75) is 38.1 Å². The van der Waals surface area contributed by atoms with Gasteiger partial charge in [0.15, 0.2) is 0 Å². The van der Waals surface area contributed by atoms with Crippen molar-refractivity contribution in [2.24, 2.45) is 0 Å². The van der Waals surface area contributed by atoms with Gasteiger partial charge in [0.05, 0.1) is 23.2 Å². The van der Waals surface area contributed by atoms with Gasteiger partial charge in [-0.05, 0) is 48.7 Å². The standard InChI is InChI=1S/C22H22N2O5/c1-28-22(25)15-9-12-19-18(13-15)20(14-7-10-17(11-8-14)24(26)27)21(29-19)23-16-5-3-2-4-6-16/h7-13,16,23H,2-6H2,1H3. The lowest BCUT2D eigenvalue weighted by Gasteiger charge is -2.23. The average molecular weight is 394 g/mol. The number of hydrogen-bond acceptors (Lipinski definition) is 6. The van der Waals surface area contributed by atoms with Crippen LogP contribution in [0.25, 0.3) is 22.1 Å². The molecule has 0 amide bonds. The highest BCUT2D eigenvalue weighted by Crippen LogP contribution is 2.40. The first-order valence-corrected chi connectivity index (χ1v) is 9.73. The molecule has 0 unspecified atom stereocenters. The number of furan rings is 1. The Hall–Kier alpha value is -3.35. The predicted molar refractivity (Wildman–Crippen MR) is 110 cm³/mol. The van der Waals surface area contributed by atoms with E-state index in [2.05, 4.69) is 5.32 Å². The maximum absolute atomic E-state index is 12.0. The fourth-order valence-electron chi connectivity index (χ4n) is 3.91. The third-order valence-electron chi connectivity index (χ3n) is 5.42. The van der Waals surface area contributed by atoms with Crippen LogP contribution in [0.5, 0.6) is 0 Å². The number of non-ortho nitro benzene ring substituents is 1. The van der Waals surface area contributed by atoms with Crippen LogP contribution < -0.4 is 5.32 Å². The zero-order valence-corrected chi connectivity index (χ0v) is 16.1. The van der Waals surface area contributed by atoms with E-state index in [0.717, 1.165) is 29.4 Å². The lowest BCUT2D eigenvalue weighted by Crippen LogP contribution is -2.22. The second kappa shape index (κ2) is 7.95. The molecule has 29 heavy (non-hydrogen) atoms. The zero-order chi connectivity index (χ0) is 20.4. The largest absolute Gasteiger partial charge is 0.465 e. The number of fused-ring (bicyclic) bond motifs is 1. The van der Waals surface area contributed by atoms with Crippen LogP contribution in [0.3, 0.4) is 0 Å². The van der Waals surface area contributed by atoms with Crippen LogP contribution in [0, 0.1) is 10.1 Å². The Morgan fingerprint density at radius 2 is 1.86 bits per heavy atom. The summed E-state index contributed by atoms with van der Waals surface area (Å²) in [6.07, 6.45) is 5.75. The number of nitrogens with zero attached hydrogens (tertiary/aromatic N) is 1. The van der Waals surface area contributed by atoms with Crippen LogP contribution in [-0.4, -0.2) is 24.0 Å². The number of esters is 1. The number of anilines is 1. The third-order valence-corrected chi connectivity index (χ3v) is 5.42. The van der Waals surface area contributed by atoms with E-state index in [1.54, 1.807) is 30.3 Å². The maximum atomic E-state index is 12.0. The Morgan fingerprint density at radius 1 is 1.14 bits per heavy atom. The summed E-state index contributed by atoms with van der Waals surface area (Å²) in [5.74, 6) is 0.201. The molecule has 0 bridgehead atoms. The number of rotatable bonds is 5. The van der Waals surface area contributed by atoms with Crippen LogP contribution >= 0.6 is 0 Å². The number of benzene rings is 2. The third kappa shape index (κ3) is 3.81. The van der Waals surface area contributed by atoms with Gasteiger partial charge < -0.3 is 14.5 Å². The molecule has 1 heterocycles. The highest BCUT2D eigenvalue weighted by molar-refractivity contribution is 6.04. The van der Waals surface area contributed by atoms with E-state index in [1.807, 2.05) is 0 Å². The molecular weight excluding hydrogens is 372 g/mol. The van der Waals surface area contributed by atoms with E-state index >= 15 is 0 Å². The fourth-order valence-corrected chi connectivity index (χ4v) is 3.91. The number of nitro groups is 1. The first-order valence-electron chi connectivity index (χ1n) is 9.73. The molecule has 1 aromatic heterocycles. The average Bonchev–Trinajstić information content (AvgIpc) is 3.10. The SMILES string of the molecule is COC(=O)c1ccc2oc(NC3CCCCC3)c(-c3ccc([N+](=O)[O-])cc3)c2c1. The van der Waals surface area contributed by atoms with Crippen LogP contribution in [0.2, 0.25) is 0 Å². The molecule has 7 nitrogen and oxygen atoms in total. The number of carbonyl (C=O) groups excluding carboxylic acids is 1. The number of methoxy groups -OCH3 is 1. The summed E-state index contributed by atoms with van der Waals surface area (Å²) in [6, 6.07) is 11.8. The molecule has 0 saturated heterocycles. The van der Waals surface area contributed by atoms with Crippen molar-refractivity contribution in [2.75, 3.05) is 12.4 Å². The number of nitrogens with one attached hydrogen (secondary N) is 1. The van der Waals surface area contributed by atoms with Crippen molar-refractivity contribution in [1.29, 1.82) is 0 Å². The van der Waals surface area contributed by atoms with Gasteiger partial charge in [-0.3, -0.25) is 10.1 Å². The number of hydrogen-bond donors (Lipinski definition) is 1. The molecule has 1 N–H and O–H groups in total. The van der Waals surface area contributed by atoms with E-state index in [-0.39, 0.29) is 5.69 Å². The molecule has 7 heteroatoms. The van der Waals surface area contributed by atoms with Crippen LogP contribution in [-0.2, 0) is 4.74 Å². The van der Waals surface area contributed by atoms with Gasteiger partial charge in [0.2, 0.25) is 5.88 Å². The number of nitro benzene ring substituents is 1. The van der Waals surface area contributed by atoms with Crippen molar-refractivity contribution >= 4 is 28.5 Å². The van der Waals surface area contributed by atoms with Crippen LogP contribution in [0.4, 0.5) is 11.6 Å². The van der Waals surface area contributed by atoms with E-state index < -0.39 is 10.9 Å². The Labute approximate surface area is 167 Å². The summed E-state index contributed by atoms with van der Waals surface area (Å²) < 4.78 is 10.9. The maximum Gasteiger partial charge on any atom is 0.337 e. The molecule has 0 spiro atoms. The quantitative estimate of drug-likeness (QED) is 0.347. The minimum Gasteiger partial charge on any atom is -0.465 e. The summed E-state index contributed by atoms with van der Waals surface area (Å²) in [4.78, 5) is 22.6. The monoisotopic (exact) mass is 394 g/mol. The van der Waals surface area contributed by atoms with Crippen LogP contribution in [0.15, 0.2) is 46.9 Å². The highest BCUT2D eigenvalue weighted by atomic mass is 16.6. The van der Waals surface area contributed by atoms with Gasteiger partial charge in [0, 0.05) is 23.6 Å². The van der Waals surface area contributed by atoms with Crippen LogP contribution in [0.1, 0.15) is 42.5 Å². The fraction of sp³-hybridized carbons (Fsp3) is 0.318. The molecule has 150 valence electrons. The number of carbonyl (C=O) groups is 1. The first kappa shape index (κ1) is 19.0. The Bertz CT molecular complexity index is 1050. The minimum absolute atomic E-state index is 0.0265. The van der Waals surface area contributed by atoms with Gasteiger partial charge >= 0.3 is 5.97 Å². The molecule has 0 atom stereocenters. The van der Waals surface area contributed by atoms with Gasteiger partial charge in [-0.2, -0.15) is 0 Å². The van der Waals surface area contributed by atoms with E-state index in [1.165, 1.54) is 38.5 Å². The van der Waals surface area contributed by atoms with Crippen molar-refractivity contribution < 1.29 is 18.9 Å². The molecule has 2 aromatic carbocycles. The first-order chi connectivity index (χ1) is 14.1. The second-order valence-corrected chi connectivity index (χ2v) is 7.29. The summed E-state index contributed by atoms with van der Waals surface area (Å²) in [6.45, 7) is 0. The van der Waals surface area contributed by atoms with Crippen molar-refractivity contribution in [3.8, 4) is 11.1 Å². The predicted octanol–water partition coefficient (Wildman–Crippen LogP) is 5.54. The molecule has 1 saturated carbocycles. The van der Waals surface area contributed by atoms with Gasteiger partial charge in [0.1, 0.15) is 5.58 Å². The zero-order valence-electron chi connectivity index (χ0n) is 16.1. The topological polar surface area (TPSA) is 94.6 Å². The molecular formula is C22H22N2O5. The molecule has 1 aliphatic carbocycles. The Kier molecular flexibility index (Phi) is 5.20. The van der Waals surface area contributed by atoms with Crippen molar-refractivity contribution in [3.63, 3.8) is 0 Å². The van der Waals surface area contributed by atoms with E-state index in [4.69, 9.17) is 9.15 Å². The lowest BCUT2D eigenvalue weighted by molar-refractivity contribution is -0.384. The molecule has 1 aliphatic rings. The smallest absolute Gasteiger partial charge is 0.337 e. The molecule has 3 aromatic rings. The number of ether oxygens (including phenoxy) is 1.